The molecule has 3 heteroatoms. The van der Waals surface area contributed by atoms with Gasteiger partial charge in [0.1, 0.15) is 0 Å². The number of hydrogen-bond donors (Lipinski definition) is 2. The van der Waals surface area contributed by atoms with Crippen molar-refractivity contribution in [3.63, 3.8) is 0 Å². The third kappa shape index (κ3) is 0.656. The summed E-state index contributed by atoms with van der Waals surface area (Å²) in [5.74, 6) is 1.00. The zero-order valence-corrected chi connectivity index (χ0v) is 6.68. The van der Waals surface area contributed by atoms with Crippen molar-refractivity contribution in [1.29, 1.82) is 0 Å². The second-order valence-corrected chi connectivity index (χ2v) is 3.12. The molecule has 12 heavy (non-hydrogen) atoms. The van der Waals surface area contributed by atoms with E-state index in [1.54, 1.807) is 0 Å². The fourth-order valence-corrected chi connectivity index (χ4v) is 1.82. The summed E-state index contributed by atoms with van der Waals surface area (Å²) in [6, 6.07) is 4.25. The van der Waals surface area contributed by atoms with E-state index in [4.69, 9.17) is 4.74 Å². The van der Waals surface area contributed by atoms with Crippen LogP contribution in [0.15, 0.2) is 12.1 Å². The van der Waals surface area contributed by atoms with Gasteiger partial charge in [0.2, 0.25) is 0 Å². The van der Waals surface area contributed by atoms with Crippen LogP contribution in [0.25, 0.3) is 0 Å². The number of nitrogens with one attached hydrogen (secondary N) is 2. The average Bonchev–Trinajstić information content (AvgIpc) is 2.71. The molecule has 0 spiro atoms. The molecule has 0 unspecified atom stereocenters. The van der Waals surface area contributed by atoms with Crippen molar-refractivity contribution in [3.8, 4) is 5.75 Å². The summed E-state index contributed by atoms with van der Waals surface area (Å²) in [5.41, 5.74) is 3.68. The van der Waals surface area contributed by atoms with E-state index in [1.807, 2.05) is 0 Å². The Bertz CT molecular complexity index is 303. The van der Waals surface area contributed by atoms with E-state index in [1.165, 1.54) is 11.3 Å². The molecule has 1 aromatic carbocycles. The van der Waals surface area contributed by atoms with Gasteiger partial charge < -0.3 is 15.4 Å². The third-order valence-corrected chi connectivity index (χ3v) is 2.42. The highest BCUT2D eigenvalue weighted by atomic mass is 16.5. The number of fused-ring (bicyclic) bond motifs is 3. The van der Waals surface area contributed by atoms with Crippen LogP contribution in [-0.4, -0.2) is 13.3 Å². The molecule has 0 radical (unpaired) electrons. The van der Waals surface area contributed by atoms with E-state index in [0.29, 0.717) is 6.73 Å². The fraction of sp³-hybridized carbons (Fsp3) is 0.333. The molecule has 0 aromatic heterocycles. The van der Waals surface area contributed by atoms with Crippen LogP contribution in [0.5, 0.6) is 5.75 Å². The van der Waals surface area contributed by atoms with Crippen molar-refractivity contribution >= 4 is 11.4 Å². The standard InChI is InChI=1S/C9H10N2O/c1-2-7-9(12-5-11-7)8-6(1)3-4-10-8/h1-2,10-11H,3-5H2. The molecule has 2 aliphatic rings. The minimum absolute atomic E-state index is 0.605. The van der Waals surface area contributed by atoms with Crippen molar-refractivity contribution in [2.45, 2.75) is 6.42 Å². The minimum Gasteiger partial charge on any atom is -0.469 e. The van der Waals surface area contributed by atoms with Crippen molar-refractivity contribution < 1.29 is 4.74 Å². The molecule has 0 fully saturated rings. The van der Waals surface area contributed by atoms with Crippen LogP contribution in [0, 0.1) is 0 Å². The van der Waals surface area contributed by atoms with Gasteiger partial charge in [-0.25, -0.2) is 0 Å². The number of ether oxygens (including phenoxy) is 1. The Hall–Kier alpha value is -1.38. The number of anilines is 2. The molecule has 2 N–H and O–H groups in total. The third-order valence-electron chi connectivity index (χ3n) is 2.42. The Balaban J connectivity index is 2.24. The highest BCUT2D eigenvalue weighted by molar-refractivity contribution is 5.77. The van der Waals surface area contributed by atoms with E-state index >= 15 is 0 Å². The van der Waals surface area contributed by atoms with Crippen LogP contribution in [0.4, 0.5) is 11.4 Å². The molecule has 0 aliphatic carbocycles. The topological polar surface area (TPSA) is 33.3 Å². The molecule has 2 aliphatic heterocycles. The average molecular weight is 162 g/mol. The van der Waals surface area contributed by atoms with Crippen LogP contribution in [0.3, 0.4) is 0 Å². The van der Waals surface area contributed by atoms with E-state index in [0.717, 1.165) is 24.4 Å². The second-order valence-electron chi connectivity index (χ2n) is 3.12. The zero-order valence-electron chi connectivity index (χ0n) is 6.68. The van der Waals surface area contributed by atoms with Gasteiger partial charge in [0, 0.05) is 6.54 Å². The van der Waals surface area contributed by atoms with Gasteiger partial charge in [-0.15, -0.1) is 0 Å². The monoisotopic (exact) mass is 162 g/mol. The van der Waals surface area contributed by atoms with E-state index in [-0.39, 0.29) is 0 Å². The predicted molar refractivity (Wildman–Crippen MR) is 47.8 cm³/mol. The minimum atomic E-state index is 0.605. The van der Waals surface area contributed by atoms with Crippen LogP contribution in [0.1, 0.15) is 5.56 Å². The molecular weight excluding hydrogens is 152 g/mol. The summed E-state index contributed by atoms with van der Waals surface area (Å²) < 4.78 is 5.47. The second kappa shape index (κ2) is 2.06. The number of benzene rings is 1. The van der Waals surface area contributed by atoms with Gasteiger partial charge in [-0.05, 0) is 18.1 Å². The lowest BCUT2D eigenvalue weighted by atomic mass is 10.1. The Morgan fingerprint density at radius 1 is 1.25 bits per heavy atom. The SMILES string of the molecule is c1cc2c(c3c1CCN3)OCN2. The summed E-state index contributed by atoms with van der Waals surface area (Å²) in [5, 5.41) is 6.50. The van der Waals surface area contributed by atoms with Crippen LogP contribution in [-0.2, 0) is 6.42 Å². The molecule has 0 bridgehead atoms. The lowest BCUT2D eigenvalue weighted by molar-refractivity contribution is 0.374. The Morgan fingerprint density at radius 2 is 2.25 bits per heavy atom. The molecule has 1 aromatic rings. The first kappa shape index (κ1) is 6.17. The lowest BCUT2D eigenvalue weighted by Crippen LogP contribution is -1.97. The van der Waals surface area contributed by atoms with Crippen LogP contribution < -0.4 is 15.4 Å². The molecule has 62 valence electrons. The van der Waals surface area contributed by atoms with Gasteiger partial charge in [-0.3, -0.25) is 0 Å². The molecule has 3 nitrogen and oxygen atoms in total. The van der Waals surface area contributed by atoms with E-state index in [2.05, 4.69) is 22.8 Å². The van der Waals surface area contributed by atoms with Crippen molar-refractivity contribution in [2.24, 2.45) is 0 Å². The van der Waals surface area contributed by atoms with Crippen LogP contribution >= 0.6 is 0 Å². The summed E-state index contributed by atoms with van der Waals surface area (Å²) in [7, 11) is 0. The Kier molecular flexibility index (Phi) is 1.06. The van der Waals surface area contributed by atoms with Gasteiger partial charge >= 0.3 is 0 Å². The highest BCUT2D eigenvalue weighted by Gasteiger charge is 2.21. The first-order chi connectivity index (χ1) is 5.95. The van der Waals surface area contributed by atoms with Gasteiger partial charge in [0.25, 0.3) is 0 Å². The molecule has 0 saturated heterocycles. The van der Waals surface area contributed by atoms with E-state index < -0.39 is 0 Å². The molecule has 0 amide bonds. The summed E-state index contributed by atoms with van der Waals surface area (Å²) in [6.45, 7) is 1.64. The maximum atomic E-state index is 5.47. The van der Waals surface area contributed by atoms with Crippen molar-refractivity contribution in [2.75, 3.05) is 23.9 Å². The van der Waals surface area contributed by atoms with E-state index in [9.17, 15) is 0 Å². The van der Waals surface area contributed by atoms with Gasteiger partial charge in [0.15, 0.2) is 12.5 Å². The maximum absolute atomic E-state index is 5.47. The number of rotatable bonds is 0. The Morgan fingerprint density at radius 3 is 3.25 bits per heavy atom. The summed E-state index contributed by atoms with van der Waals surface area (Å²) in [6.07, 6.45) is 1.12. The fourth-order valence-electron chi connectivity index (χ4n) is 1.82. The summed E-state index contributed by atoms with van der Waals surface area (Å²) >= 11 is 0. The first-order valence-electron chi connectivity index (χ1n) is 4.21. The zero-order chi connectivity index (χ0) is 7.97. The molecule has 2 heterocycles. The van der Waals surface area contributed by atoms with Gasteiger partial charge in [-0.2, -0.15) is 0 Å². The maximum Gasteiger partial charge on any atom is 0.168 e. The quantitative estimate of drug-likeness (QED) is 0.605. The molecule has 0 saturated carbocycles. The van der Waals surface area contributed by atoms with Crippen LogP contribution in [0.2, 0.25) is 0 Å². The summed E-state index contributed by atoms with van der Waals surface area (Å²) in [4.78, 5) is 0. The normalized spacial score (nSPS) is 17.3. The molecule has 0 atom stereocenters. The Labute approximate surface area is 70.7 Å². The smallest absolute Gasteiger partial charge is 0.168 e. The molecule has 3 rings (SSSR count). The van der Waals surface area contributed by atoms with Crippen molar-refractivity contribution in [1.82, 2.24) is 0 Å². The van der Waals surface area contributed by atoms with Gasteiger partial charge in [0.05, 0.1) is 11.4 Å². The largest absolute Gasteiger partial charge is 0.469 e. The predicted octanol–water partition coefficient (Wildman–Crippen LogP) is 1.42. The lowest BCUT2D eigenvalue weighted by Gasteiger charge is -2.04. The number of hydrogen-bond acceptors (Lipinski definition) is 3. The van der Waals surface area contributed by atoms with Crippen molar-refractivity contribution in [3.05, 3.63) is 17.7 Å². The first-order valence-corrected chi connectivity index (χ1v) is 4.21. The van der Waals surface area contributed by atoms with Gasteiger partial charge in [-0.1, -0.05) is 6.07 Å². The molecular formula is C9H10N2O. The highest BCUT2D eigenvalue weighted by Crippen LogP contribution is 2.41.